The first-order chi connectivity index (χ1) is 11.9. The Balaban J connectivity index is 1.89. The first-order valence-electron chi connectivity index (χ1n) is 7.61. The van der Waals surface area contributed by atoms with Gasteiger partial charge in [0.15, 0.2) is 5.65 Å². The third-order valence-corrected chi connectivity index (χ3v) is 5.55. The van der Waals surface area contributed by atoms with Crippen molar-refractivity contribution in [2.45, 2.75) is 0 Å². The Bertz CT molecular complexity index is 983. The summed E-state index contributed by atoms with van der Waals surface area (Å²) in [7, 11) is -0.291. The van der Waals surface area contributed by atoms with Crippen molar-refractivity contribution >= 4 is 21.5 Å². The van der Waals surface area contributed by atoms with Gasteiger partial charge in [0.05, 0.1) is 17.6 Å². The van der Waals surface area contributed by atoms with Gasteiger partial charge in [0.1, 0.15) is 11.6 Å². The standard InChI is InChI=1S/C16H18FN5O2S/c1-21(2)25(23,24)10-9-18-16-11-14(12-3-5-13(17)6-4-12)20-15-7-8-19-22(15)16/h3-8,11,18H,9-10H2,1-2H3. The summed E-state index contributed by atoms with van der Waals surface area (Å²) < 4.78 is 39.6. The van der Waals surface area contributed by atoms with E-state index in [9.17, 15) is 12.8 Å². The highest BCUT2D eigenvalue weighted by Gasteiger charge is 2.14. The molecule has 132 valence electrons. The Hall–Kier alpha value is -2.52. The maximum absolute atomic E-state index is 13.1. The highest BCUT2D eigenvalue weighted by Crippen LogP contribution is 2.22. The molecule has 0 radical (unpaired) electrons. The third kappa shape index (κ3) is 3.77. The molecule has 2 aromatic heterocycles. The second-order valence-corrected chi connectivity index (χ2v) is 7.96. The van der Waals surface area contributed by atoms with Gasteiger partial charge >= 0.3 is 0 Å². The van der Waals surface area contributed by atoms with Gasteiger partial charge in [0.25, 0.3) is 0 Å². The minimum Gasteiger partial charge on any atom is -0.369 e. The van der Waals surface area contributed by atoms with Crippen LogP contribution in [-0.2, 0) is 10.0 Å². The van der Waals surface area contributed by atoms with Crippen LogP contribution in [0.15, 0.2) is 42.6 Å². The molecule has 7 nitrogen and oxygen atoms in total. The summed E-state index contributed by atoms with van der Waals surface area (Å²) in [5, 5.41) is 7.28. The van der Waals surface area contributed by atoms with E-state index < -0.39 is 10.0 Å². The van der Waals surface area contributed by atoms with Gasteiger partial charge in [0, 0.05) is 38.3 Å². The normalized spacial score (nSPS) is 12.0. The lowest BCUT2D eigenvalue weighted by Gasteiger charge is -2.13. The highest BCUT2D eigenvalue weighted by molar-refractivity contribution is 7.89. The fourth-order valence-electron chi connectivity index (χ4n) is 2.30. The fourth-order valence-corrected chi connectivity index (χ4v) is 3.02. The third-order valence-electron chi connectivity index (χ3n) is 3.72. The number of hydrogen-bond acceptors (Lipinski definition) is 5. The number of nitrogens with one attached hydrogen (secondary N) is 1. The number of nitrogens with zero attached hydrogens (tertiary/aromatic N) is 4. The minimum atomic E-state index is -3.29. The zero-order valence-electron chi connectivity index (χ0n) is 13.8. The van der Waals surface area contributed by atoms with E-state index in [4.69, 9.17) is 0 Å². The Kier molecular flexibility index (Phi) is 4.69. The maximum Gasteiger partial charge on any atom is 0.215 e. The van der Waals surface area contributed by atoms with Gasteiger partial charge < -0.3 is 5.32 Å². The first kappa shape index (κ1) is 17.3. The Labute approximate surface area is 145 Å². The molecule has 0 bridgehead atoms. The number of anilines is 1. The van der Waals surface area contributed by atoms with Crippen molar-refractivity contribution in [1.82, 2.24) is 18.9 Å². The van der Waals surface area contributed by atoms with Gasteiger partial charge in [0.2, 0.25) is 10.0 Å². The summed E-state index contributed by atoms with van der Waals surface area (Å²) in [6.07, 6.45) is 1.61. The molecule has 0 saturated carbocycles. The summed E-state index contributed by atoms with van der Waals surface area (Å²) >= 11 is 0. The lowest BCUT2D eigenvalue weighted by Crippen LogP contribution is -2.28. The zero-order valence-corrected chi connectivity index (χ0v) is 14.7. The van der Waals surface area contributed by atoms with Crippen molar-refractivity contribution < 1.29 is 12.8 Å². The van der Waals surface area contributed by atoms with E-state index in [1.807, 2.05) is 0 Å². The van der Waals surface area contributed by atoms with Crippen molar-refractivity contribution in [3.05, 3.63) is 48.4 Å². The monoisotopic (exact) mass is 363 g/mol. The average molecular weight is 363 g/mol. The fraction of sp³-hybridized carbons (Fsp3) is 0.250. The Morgan fingerprint density at radius 2 is 1.92 bits per heavy atom. The first-order valence-corrected chi connectivity index (χ1v) is 9.22. The summed E-state index contributed by atoms with van der Waals surface area (Å²) in [4.78, 5) is 4.49. The van der Waals surface area contributed by atoms with E-state index in [-0.39, 0.29) is 18.1 Å². The van der Waals surface area contributed by atoms with Crippen molar-refractivity contribution in [2.75, 3.05) is 31.7 Å². The number of halogens is 1. The van der Waals surface area contributed by atoms with E-state index in [1.165, 1.54) is 30.5 Å². The summed E-state index contributed by atoms with van der Waals surface area (Å²) in [6, 6.07) is 9.53. The smallest absolute Gasteiger partial charge is 0.215 e. The molecule has 3 aromatic rings. The van der Waals surface area contributed by atoms with Crippen molar-refractivity contribution in [3.63, 3.8) is 0 Å². The van der Waals surface area contributed by atoms with Gasteiger partial charge in [-0.15, -0.1) is 0 Å². The Morgan fingerprint density at radius 1 is 1.20 bits per heavy atom. The van der Waals surface area contributed by atoms with Gasteiger partial charge in [-0.1, -0.05) is 0 Å². The molecule has 0 atom stereocenters. The van der Waals surface area contributed by atoms with Crippen LogP contribution in [0.1, 0.15) is 0 Å². The van der Waals surface area contributed by atoms with Crippen LogP contribution < -0.4 is 5.32 Å². The molecule has 1 N–H and O–H groups in total. The summed E-state index contributed by atoms with van der Waals surface area (Å²) in [6.45, 7) is 0.225. The molecule has 0 spiro atoms. The number of fused-ring (bicyclic) bond motifs is 1. The van der Waals surface area contributed by atoms with E-state index in [2.05, 4.69) is 15.4 Å². The molecule has 0 amide bonds. The van der Waals surface area contributed by atoms with E-state index >= 15 is 0 Å². The van der Waals surface area contributed by atoms with Crippen LogP contribution in [-0.4, -0.2) is 53.7 Å². The van der Waals surface area contributed by atoms with Gasteiger partial charge in [-0.3, -0.25) is 0 Å². The van der Waals surface area contributed by atoms with Crippen molar-refractivity contribution in [3.8, 4) is 11.3 Å². The number of aromatic nitrogens is 3. The number of benzene rings is 1. The van der Waals surface area contributed by atoms with Crippen molar-refractivity contribution in [2.24, 2.45) is 0 Å². The van der Waals surface area contributed by atoms with Gasteiger partial charge in [-0.25, -0.2) is 22.1 Å². The number of hydrogen-bond donors (Lipinski definition) is 1. The highest BCUT2D eigenvalue weighted by atomic mass is 32.2. The zero-order chi connectivity index (χ0) is 18.0. The summed E-state index contributed by atoms with van der Waals surface area (Å²) in [5.74, 6) is 0.251. The van der Waals surface area contributed by atoms with Crippen LogP contribution in [0.25, 0.3) is 16.9 Å². The maximum atomic E-state index is 13.1. The van der Waals surface area contributed by atoms with Crippen LogP contribution in [0.4, 0.5) is 10.2 Å². The molecule has 0 saturated heterocycles. The van der Waals surface area contributed by atoms with E-state index in [1.54, 1.807) is 35.0 Å². The van der Waals surface area contributed by atoms with Gasteiger partial charge in [-0.05, 0) is 24.3 Å². The molecule has 0 aliphatic carbocycles. The van der Waals surface area contributed by atoms with Gasteiger partial charge in [-0.2, -0.15) is 9.61 Å². The average Bonchev–Trinajstić information content (AvgIpc) is 3.04. The van der Waals surface area contributed by atoms with E-state index in [0.717, 1.165) is 5.56 Å². The van der Waals surface area contributed by atoms with Crippen molar-refractivity contribution in [1.29, 1.82) is 0 Å². The quantitative estimate of drug-likeness (QED) is 0.723. The topological polar surface area (TPSA) is 79.6 Å². The summed E-state index contributed by atoms with van der Waals surface area (Å²) in [5.41, 5.74) is 2.01. The molecule has 0 unspecified atom stereocenters. The predicted octanol–water partition coefficient (Wildman–Crippen LogP) is 1.84. The Morgan fingerprint density at radius 3 is 2.60 bits per heavy atom. The SMILES string of the molecule is CN(C)S(=O)(=O)CCNc1cc(-c2ccc(F)cc2)nc2ccnn12. The molecule has 0 fully saturated rings. The molecule has 0 aliphatic heterocycles. The van der Waals surface area contributed by atoms with Crippen LogP contribution in [0.2, 0.25) is 0 Å². The lowest BCUT2D eigenvalue weighted by atomic mass is 10.1. The number of rotatable bonds is 6. The molecule has 1 aromatic carbocycles. The molecule has 3 rings (SSSR count). The lowest BCUT2D eigenvalue weighted by molar-refractivity contribution is 0.521. The second kappa shape index (κ2) is 6.77. The molecule has 25 heavy (non-hydrogen) atoms. The largest absolute Gasteiger partial charge is 0.369 e. The predicted molar refractivity (Wildman–Crippen MR) is 94.3 cm³/mol. The molecular weight excluding hydrogens is 345 g/mol. The molecule has 2 heterocycles. The minimum absolute atomic E-state index is 0.0447. The molecule has 0 aliphatic rings. The second-order valence-electron chi connectivity index (χ2n) is 5.66. The van der Waals surface area contributed by atoms with Crippen LogP contribution in [0.3, 0.4) is 0 Å². The number of sulfonamides is 1. The van der Waals surface area contributed by atoms with E-state index in [0.29, 0.717) is 17.2 Å². The van der Waals surface area contributed by atoms with Crippen LogP contribution >= 0.6 is 0 Å². The van der Waals surface area contributed by atoms with Crippen LogP contribution in [0, 0.1) is 5.82 Å². The van der Waals surface area contributed by atoms with Crippen LogP contribution in [0.5, 0.6) is 0 Å². The molecule has 9 heteroatoms. The molecular formula is C16H18FN5O2S.